The summed E-state index contributed by atoms with van der Waals surface area (Å²) in [5.41, 5.74) is 2.20. The van der Waals surface area contributed by atoms with Gasteiger partial charge in [-0.05, 0) is 12.0 Å². The molecule has 1 fully saturated rings. The molecule has 0 radical (unpaired) electrons. The lowest BCUT2D eigenvalue weighted by Crippen LogP contribution is -2.21. The minimum absolute atomic E-state index is 0.0164. The topological polar surface area (TPSA) is 46.9 Å². The maximum atomic E-state index is 12.0. The minimum Gasteiger partial charge on any atom is -0.355 e. The summed E-state index contributed by atoms with van der Waals surface area (Å²) < 4.78 is 1.93. The summed E-state index contributed by atoms with van der Waals surface area (Å²) in [6, 6.07) is 10.2. The van der Waals surface area contributed by atoms with E-state index in [-0.39, 0.29) is 17.7 Å². The van der Waals surface area contributed by atoms with E-state index in [4.69, 9.17) is 0 Å². The molecular formula is C15H17N3O. The zero-order valence-corrected chi connectivity index (χ0v) is 10.9. The van der Waals surface area contributed by atoms with Crippen molar-refractivity contribution in [1.29, 1.82) is 0 Å². The van der Waals surface area contributed by atoms with Gasteiger partial charge < -0.3 is 9.88 Å². The van der Waals surface area contributed by atoms with E-state index in [0.29, 0.717) is 6.54 Å². The van der Waals surface area contributed by atoms with E-state index in [1.54, 1.807) is 6.33 Å². The molecule has 2 aromatic rings. The lowest BCUT2D eigenvalue weighted by Gasteiger charge is -2.14. The lowest BCUT2D eigenvalue weighted by molar-refractivity contribution is -0.122. The van der Waals surface area contributed by atoms with Gasteiger partial charge in [0.2, 0.25) is 5.91 Å². The van der Waals surface area contributed by atoms with Crippen LogP contribution in [0.1, 0.15) is 17.2 Å². The molecule has 0 saturated carbocycles. The number of carbonyl (C=O) groups excluding carboxylic acids is 1. The van der Waals surface area contributed by atoms with Crippen molar-refractivity contribution in [3.63, 3.8) is 0 Å². The van der Waals surface area contributed by atoms with Gasteiger partial charge in [0.25, 0.3) is 0 Å². The number of hydrogen-bond donors (Lipinski definition) is 1. The van der Waals surface area contributed by atoms with Gasteiger partial charge in [-0.2, -0.15) is 0 Å². The number of aryl methyl sites for hydroxylation is 1. The SMILES string of the molecule is Cn1cnc([C@@H]2CNC(=O)[C@H]2Cc2ccccc2)c1. The van der Waals surface area contributed by atoms with Gasteiger partial charge in [0, 0.05) is 25.7 Å². The van der Waals surface area contributed by atoms with Gasteiger partial charge in [0.05, 0.1) is 17.9 Å². The molecule has 4 heteroatoms. The van der Waals surface area contributed by atoms with Crippen LogP contribution in [-0.2, 0) is 18.3 Å². The summed E-state index contributed by atoms with van der Waals surface area (Å²) in [6.07, 6.45) is 4.56. The molecule has 3 rings (SSSR count). The number of nitrogens with one attached hydrogen (secondary N) is 1. The van der Waals surface area contributed by atoms with Crippen LogP contribution in [0.2, 0.25) is 0 Å². The second kappa shape index (κ2) is 4.88. The van der Waals surface area contributed by atoms with Crippen LogP contribution in [0.5, 0.6) is 0 Å². The normalized spacial score (nSPS) is 22.5. The quantitative estimate of drug-likeness (QED) is 0.903. The van der Waals surface area contributed by atoms with E-state index >= 15 is 0 Å². The number of nitrogens with zero attached hydrogens (tertiary/aromatic N) is 2. The number of rotatable bonds is 3. The Morgan fingerprint density at radius 3 is 2.84 bits per heavy atom. The highest BCUT2D eigenvalue weighted by atomic mass is 16.2. The fourth-order valence-electron chi connectivity index (χ4n) is 2.70. The standard InChI is InChI=1S/C15H17N3O/c1-18-9-14(17-10-18)13-8-16-15(19)12(13)7-11-5-3-2-4-6-11/h2-6,9-10,12-13H,7-8H2,1H3,(H,16,19)/t12-,13+/m0/s1. The van der Waals surface area contributed by atoms with Crippen molar-refractivity contribution in [2.24, 2.45) is 13.0 Å². The molecular weight excluding hydrogens is 238 g/mol. The summed E-state index contributed by atoms with van der Waals surface area (Å²) in [7, 11) is 1.95. The van der Waals surface area contributed by atoms with Gasteiger partial charge in [-0.3, -0.25) is 4.79 Å². The molecule has 0 spiro atoms. The predicted octanol–water partition coefficient (Wildman–Crippen LogP) is 1.49. The van der Waals surface area contributed by atoms with E-state index in [0.717, 1.165) is 12.1 Å². The average molecular weight is 255 g/mol. The summed E-state index contributed by atoms with van der Waals surface area (Å²) in [5, 5.41) is 2.96. The van der Waals surface area contributed by atoms with E-state index in [2.05, 4.69) is 22.4 Å². The Morgan fingerprint density at radius 2 is 2.16 bits per heavy atom. The Hall–Kier alpha value is -2.10. The Kier molecular flexibility index (Phi) is 3.07. The molecule has 0 bridgehead atoms. The first-order chi connectivity index (χ1) is 9.24. The van der Waals surface area contributed by atoms with Crippen LogP contribution in [0, 0.1) is 5.92 Å². The van der Waals surface area contributed by atoms with Crippen LogP contribution < -0.4 is 5.32 Å². The molecule has 98 valence electrons. The molecule has 2 atom stereocenters. The van der Waals surface area contributed by atoms with Crippen LogP contribution in [0.15, 0.2) is 42.9 Å². The monoisotopic (exact) mass is 255 g/mol. The molecule has 1 aromatic heterocycles. The zero-order valence-electron chi connectivity index (χ0n) is 10.9. The summed E-state index contributed by atoms with van der Waals surface area (Å²) in [6.45, 7) is 0.688. The van der Waals surface area contributed by atoms with Crippen molar-refractivity contribution in [1.82, 2.24) is 14.9 Å². The Balaban J connectivity index is 1.83. The molecule has 1 aromatic carbocycles. The fourth-order valence-corrected chi connectivity index (χ4v) is 2.70. The number of benzene rings is 1. The van der Waals surface area contributed by atoms with Gasteiger partial charge in [-0.1, -0.05) is 30.3 Å². The summed E-state index contributed by atoms with van der Waals surface area (Å²) >= 11 is 0. The third-order valence-corrected chi connectivity index (χ3v) is 3.72. The lowest BCUT2D eigenvalue weighted by atomic mass is 9.87. The molecule has 1 aliphatic heterocycles. The maximum absolute atomic E-state index is 12.0. The number of imidazole rings is 1. The highest BCUT2D eigenvalue weighted by Gasteiger charge is 2.36. The third kappa shape index (κ3) is 2.38. The molecule has 1 aliphatic rings. The largest absolute Gasteiger partial charge is 0.355 e. The van der Waals surface area contributed by atoms with Crippen LogP contribution in [0.3, 0.4) is 0 Å². The smallest absolute Gasteiger partial charge is 0.224 e. The van der Waals surface area contributed by atoms with E-state index < -0.39 is 0 Å². The first-order valence-corrected chi connectivity index (χ1v) is 6.53. The number of aromatic nitrogens is 2. The van der Waals surface area contributed by atoms with Gasteiger partial charge in [0.1, 0.15) is 0 Å². The first kappa shape index (κ1) is 12.0. The molecule has 2 heterocycles. The number of carbonyl (C=O) groups is 1. The maximum Gasteiger partial charge on any atom is 0.224 e. The second-order valence-corrected chi connectivity index (χ2v) is 5.11. The molecule has 4 nitrogen and oxygen atoms in total. The van der Waals surface area contributed by atoms with Crippen molar-refractivity contribution < 1.29 is 4.79 Å². The van der Waals surface area contributed by atoms with Crippen LogP contribution >= 0.6 is 0 Å². The number of hydrogen-bond acceptors (Lipinski definition) is 2. The molecule has 1 amide bonds. The van der Waals surface area contributed by atoms with E-state index in [1.165, 1.54) is 5.56 Å². The van der Waals surface area contributed by atoms with Gasteiger partial charge in [-0.15, -0.1) is 0 Å². The van der Waals surface area contributed by atoms with Crippen molar-refractivity contribution in [2.75, 3.05) is 6.54 Å². The van der Waals surface area contributed by atoms with Crippen molar-refractivity contribution in [3.8, 4) is 0 Å². The Bertz CT molecular complexity index is 576. The van der Waals surface area contributed by atoms with Crippen LogP contribution in [0.4, 0.5) is 0 Å². The third-order valence-electron chi connectivity index (χ3n) is 3.72. The molecule has 19 heavy (non-hydrogen) atoms. The zero-order chi connectivity index (χ0) is 13.2. The summed E-state index contributed by atoms with van der Waals surface area (Å²) in [5.74, 6) is 0.297. The van der Waals surface area contributed by atoms with Gasteiger partial charge in [-0.25, -0.2) is 4.98 Å². The predicted molar refractivity (Wildman–Crippen MR) is 72.6 cm³/mol. The molecule has 0 aliphatic carbocycles. The molecule has 1 N–H and O–H groups in total. The Labute approximate surface area is 112 Å². The van der Waals surface area contributed by atoms with Crippen molar-refractivity contribution >= 4 is 5.91 Å². The first-order valence-electron chi connectivity index (χ1n) is 6.53. The van der Waals surface area contributed by atoms with E-state index in [1.807, 2.05) is 36.0 Å². The highest BCUT2D eigenvalue weighted by Crippen LogP contribution is 2.30. The van der Waals surface area contributed by atoms with Crippen LogP contribution in [-0.4, -0.2) is 22.0 Å². The molecule has 1 saturated heterocycles. The van der Waals surface area contributed by atoms with Crippen molar-refractivity contribution in [3.05, 3.63) is 54.1 Å². The highest BCUT2D eigenvalue weighted by molar-refractivity contribution is 5.82. The van der Waals surface area contributed by atoms with E-state index in [9.17, 15) is 4.79 Å². The van der Waals surface area contributed by atoms with Gasteiger partial charge >= 0.3 is 0 Å². The fraction of sp³-hybridized carbons (Fsp3) is 0.333. The minimum atomic E-state index is -0.0164. The van der Waals surface area contributed by atoms with Crippen LogP contribution in [0.25, 0.3) is 0 Å². The number of amides is 1. The molecule has 0 unspecified atom stereocenters. The van der Waals surface area contributed by atoms with Gasteiger partial charge in [0.15, 0.2) is 0 Å². The summed E-state index contributed by atoms with van der Waals surface area (Å²) in [4.78, 5) is 16.4. The Morgan fingerprint density at radius 1 is 1.37 bits per heavy atom. The second-order valence-electron chi connectivity index (χ2n) is 5.11. The van der Waals surface area contributed by atoms with Crippen molar-refractivity contribution in [2.45, 2.75) is 12.3 Å². The average Bonchev–Trinajstić information content (AvgIpc) is 2.99.